The van der Waals surface area contributed by atoms with Crippen molar-refractivity contribution in [2.75, 3.05) is 19.7 Å². The van der Waals surface area contributed by atoms with Crippen molar-refractivity contribution < 1.29 is 18.3 Å². The first-order valence-electron chi connectivity index (χ1n) is 9.87. The van der Waals surface area contributed by atoms with Crippen LogP contribution in [0.1, 0.15) is 38.0 Å². The minimum absolute atomic E-state index is 0.130. The standard InChI is InChI=1S/C19H29N5O4S/c1-4-28-16-7-5-6-15(19(16)25)13-23-9-8-17-21-22-18(24(17)11-10-23)12-20-29(26,27)14(2)3/h5-7,14,20,25H,4,8-13H2,1-3H3. The summed E-state index contributed by atoms with van der Waals surface area (Å²) in [4.78, 5) is 2.24. The first-order valence-corrected chi connectivity index (χ1v) is 11.4. The molecule has 1 aliphatic rings. The normalized spacial score (nSPS) is 15.3. The number of hydrogen-bond acceptors (Lipinski definition) is 7. The van der Waals surface area contributed by atoms with E-state index in [9.17, 15) is 13.5 Å². The minimum Gasteiger partial charge on any atom is -0.504 e. The van der Waals surface area contributed by atoms with Crippen molar-refractivity contribution in [3.05, 3.63) is 35.4 Å². The summed E-state index contributed by atoms with van der Waals surface area (Å²) in [6.45, 7) is 8.56. The Hall–Kier alpha value is -2.17. The molecule has 0 atom stereocenters. The van der Waals surface area contributed by atoms with Crippen LogP contribution in [-0.2, 0) is 36.1 Å². The molecule has 0 saturated carbocycles. The third-order valence-electron chi connectivity index (χ3n) is 5.02. The van der Waals surface area contributed by atoms with E-state index in [1.54, 1.807) is 19.9 Å². The topological polar surface area (TPSA) is 110 Å². The van der Waals surface area contributed by atoms with Gasteiger partial charge in [-0.15, -0.1) is 10.2 Å². The van der Waals surface area contributed by atoms with Crippen LogP contribution in [0.3, 0.4) is 0 Å². The van der Waals surface area contributed by atoms with Crippen molar-refractivity contribution in [3.8, 4) is 11.5 Å². The molecule has 2 heterocycles. The van der Waals surface area contributed by atoms with Gasteiger partial charge >= 0.3 is 0 Å². The second-order valence-corrected chi connectivity index (χ2v) is 9.64. The Kier molecular flexibility index (Phi) is 6.76. The number of nitrogens with one attached hydrogen (secondary N) is 1. The summed E-state index contributed by atoms with van der Waals surface area (Å²) in [5.41, 5.74) is 0.818. The van der Waals surface area contributed by atoms with E-state index in [0.29, 0.717) is 37.7 Å². The molecular weight excluding hydrogens is 394 g/mol. The SMILES string of the molecule is CCOc1cccc(CN2CCc3nnc(CNS(=O)(=O)C(C)C)n3CC2)c1O. The zero-order chi connectivity index (χ0) is 21.0. The van der Waals surface area contributed by atoms with E-state index < -0.39 is 15.3 Å². The van der Waals surface area contributed by atoms with Crippen LogP contribution < -0.4 is 9.46 Å². The molecule has 160 valence electrons. The highest BCUT2D eigenvalue weighted by Crippen LogP contribution is 2.30. The van der Waals surface area contributed by atoms with Gasteiger partial charge in [0, 0.05) is 38.2 Å². The molecule has 0 amide bonds. The lowest BCUT2D eigenvalue weighted by Gasteiger charge is -2.21. The van der Waals surface area contributed by atoms with E-state index in [4.69, 9.17) is 4.74 Å². The largest absolute Gasteiger partial charge is 0.504 e. The molecule has 1 aromatic heterocycles. The van der Waals surface area contributed by atoms with Crippen LogP contribution in [-0.4, -0.2) is 58.1 Å². The Bertz CT molecular complexity index is 942. The summed E-state index contributed by atoms with van der Waals surface area (Å²) in [6, 6.07) is 5.54. The fraction of sp³-hybridized carbons (Fsp3) is 0.579. The maximum Gasteiger partial charge on any atom is 0.214 e. The Labute approximate surface area is 171 Å². The molecule has 0 fully saturated rings. The van der Waals surface area contributed by atoms with E-state index in [2.05, 4.69) is 19.8 Å². The van der Waals surface area contributed by atoms with Gasteiger partial charge in [-0.25, -0.2) is 13.1 Å². The number of aromatic hydroxyl groups is 1. The predicted molar refractivity (Wildman–Crippen MR) is 109 cm³/mol. The molecule has 3 rings (SSSR count). The molecule has 29 heavy (non-hydrogen) atoms. The summed E-state index contributed by atoms with van der Waals surface area (Å²) >= 11 is 0. The molecule has 10 heteroatoms. The number of fused-ring (bicyclic) bond motifs is 1. The number of phenolic OH excluding ortho intramolecular Hbond substituents is 1. The second kappa shape index (κ2) is 9.10. The quantitative estimate of drug-likeness (QED) is 0.658. The average molecular weight is 424 g/mol. The number of aromatic nitrogens is 3. The van der Waals surface area contributed by atoms with Crippen LogP contribution in [0.25, 0.3) is 0 Å². The van der Waals surface area contributed by atoms with E-state index >= 15 is 0 Å². The van der Waals surface area contributed by atoms with Crippen LogP contribution in [0.15, 0.2) is 18.2 Å². The summed E-state index contributed by atoms with van der Waals surface area (Å²) in [5.74, 6) is 2.14. The molecule has 0 saturated heterocycles. The van der Waals surface area contributed by atoms with E-state index in [1.807, 2.05) is 23.6 Å². The number of ether oxygens (including phenoxy) is 1. The average Bonchev–Trinajstić information content (AvgIpc) is 2.96. The van der Waals surface area contributed by atoms with Crippen LogP contribution >= 0.6 is 0 Å². The first-order chi connectivity index (χ1) is 13.8. The molecule has 0 bridgehead atoms. The molecular formula is C19H29N5O4S. The van der Waals surface area contributed by atoms with Gasteiger partial charge in [0.05, 0.1) is 18.4 Å². The third kappa shape index (κ3) is 5.06. The number of hydrogen-bond donors (Lipinski definition) is 2. The number of rotatable bonds is 8. The lowest BCUT2D eigenvalue weighted by molar-refractivity contribution is 0.263. The van der Waals surface area contributed by atoms with Crippen LogP contribution in [0.4, 0.5) is 0 Å². The van der Waals surface area contributed by atoms with Crippen molar-refractivity contribution in [1.29, 1.82) is 0 Å². The minimum atomic E-state index is -3.36. The van der Waals surface area contributed by atoms with E-state index in [0.717, 1.165) is 24.5 Å². The zero-order valence-electron chi connectivity index (χ0n) is 17.1. The second-order valence-electron chi connectivity index (χ2n) is 7.32. The van der Waals surface area contributed by atoms with Gasteiger partial charge in [-0.1, -0.05) is 12.1 Å². The van der Waals surface area contributed by atoms with Gasteiger partial charge in [0.1, 0.15) is 11.6 Å². The fourth-order valence-electron chi connectivity index (χ4n) is 3.26. The molecule has 2 aromatic rings. The number of benzene rings is 1. The predicted octanol–water partition coefficient (Wildman–Crippen LogP) is 1.27. The van der Waals surface area contributed by atoms with Crippen molar-refractivity contribution >= 4 is 10.0 Å². The van der Waals surface area contributed by atoms with Crippen LogP contribution in [0.5, 0.6) is 11.5 Å². The van der Waals surface area contributed by atoms with Gasteiger partial charge < -0.3 is 14.4 Å². The van der Waals surface area contributed by atoms with Gasteiger partial charge in [0.25, 0.3) is 0 Å². The van der Waals surface area contributed by atoms with E-state index in [1.165, 1.54) is 0 Å². The number of para-hydroxylation sites is 1. The maximum atomic E-state index is 12.0. The fourth-order valence-corrected chi connectivity index (χ4v) is 3.92. The Morgan fingerprint density at radius 2 is 2.03 bits per heavy atom. The molecule has 2 N–H and O–H groups in total. The Balaban J connectivity index is 1.66. The first kappa shape index (κ1) is 21.5. The smallest absolute Gasteiger partial charge is 0.214 e. The number of sulfonamides is 1. The molecule has 1 aliphatic heterocycles. The van der Waals surface area contributed by atoms with Crippen LogP contribution in [0, 0.1) is 0 Å². The molecule has 1 aromatic carbocycles. The molecule has 0 radical (unpaired) electrons. The summed E-state index contributed by atoms with van der Waals surface area (Å²) in [6.07, 6.45) is 0.704. The van der Waals surface area contributed by atoms with Gasteiger partial charge in [0.15, 0.2) is 11.5 Å². The number of nitrogens with zero attached hydrogens (tertiary/aromatic N) is 4. The summed E-state index contributed by atoms with van der Waals surface area (Å²) in [7, 11) is -3.36. The van der Waals surface area contributed by atoms with Gasteiger partial charge in [-0.3, -0.25) is 4.90 Å². The highest BCUT2D eigenvalue weighted by Gasteiger charge is 2.22. The summed E-state index contributed by atoms with van der Waals surface area (Å²) < 4.78 is 34.1. The summed E-state index contributed by atoms with van der Waals surface area (Å²) in [5, 5.41) is 18.4. The zero-order valence-corrected chi connectivity index (χ0v) is 17.9. The molecule has 9 nitrogen and oxygen atoms in total. The van der Waals surface area contributed by atoms with E-state index in [-0.39, 0.29) is 12.3 Å². The van der Waals surface area contributed by atoms with Crippen LogP contribution in [0.2, 0.25) is 0 Å². The molecule has 0 spiro atoms. The van der Waals surface area contributed by atoms with Gasteiger partial charge in [0.2, 0.25) is 10.0 Å². The third-order valence-corrected chi connectivity index (χ3v) is 6.81. The highest BCUT2D eigenvalue weighted by molar-refractivity contribution is 7.90. The lowest BCUT2D eigenvalue weighted by atomic mass is 10.1. The number of phenols is 1. The maximum absolute atomic E-state index is 12.0. The Morgan fingerprint density at radius 1 is 1.24 bits per heavy atom. The van der Waals surface area contributed by atoms with Gasteiger partial charge in [-0.05, 0) is 26.8 Å². The monoisotopic (exact) mass is 423 g/mol. The van der Waals surface area contributed by atoms with Crippen molar-refractivity contribution in [2.45, 2.75) is 52.1 Å². The van der Waals surface area contributed by atoms with Crippen molar-refractivity contribution in [1.82, 2.24) is 24.4 Å². The molecule has 0 aliphatic carbocycles. The lowest BCUT2D eigenvalue weighted by Crippen LogP contribution is -2.31. The molecule has 0 unspecified atom stereocenters. The van der Waals surface area contributed by atoms with Crippen molar-refractivity contribution in [3.63, 3.8) is 0 Å². The van der Waals surface area contributed by atoms with Crippen molar-refractivity contribution in [2.24, 2.45) is 0 Å². The Morgan fingerprint density at radius 3 is 2.76 bits per heavy atom. The highest BCUT2D eigenvalue weighted by atomic mass is 32.2. The van der Waals surface area contributed by atoms with Gasteiger partial charge in [-0.2, -0.15) is 0 Å².